The Morgan fingerprint density at radius 3 is 2.55 bits per heavy atom. The zero-order chi connectivity index (χ0) is 8.91. The lowest BCUT2D eigenvalue weighted by Gasteiger charge is -2.06. The zero-order valence-electron chi connectivity index (χ0n) is 6.36. The molecule has 0 bridgehead atoms. The summed E-state index contributed by atoms with van der Waals surface area (Å²) >= 11 is 1.60. The second-order valence-electron chi connectivity index (χ2n) is 2.29. The molecule has 0 heterocycles. The van der Waals surface area contributed by atoms with Crippen LogP contribution in [-0.2, 0) is 10.1 Å². The van der Waals surface area contributed by atoms with Crippen molar-refractivity contribution in [1.82, 2.24) is 0 Å². The molecule has 11 heavy (non-hydrogen) atoms. The molecule has 4 nitrogen and oxygen atoms in total. The summed E-state index contributed by atoms with van der Waals surface area (Å²) in [6, 6.07) is -0.447. The van der Waals surface area contributed by atoms with Crippen molar-refractivity contribution in [3.8, 4) is 0 Å². The lowest BCUT2D eigenvalue weighted by molar-refractivity contribution is 0.476. The average molecular weight is 199 g/mol. The molecule has 0 aromatic rings. The predicted octanol–water partition coefficient (Wildman–Crippen LogP) is -0.0454. The van der Waals surface area contributed by atoms with Crippen LogP contribution in [0.25, 0.3) is 0 Å². The van der Waals surface area contributed by atoms with Crippen molar-refractivity contribution in [2.75, 3.05) is 17.8 Å². The summed E-state index contributed by atoms with van der Waals surface area (Å²) in [6.45, 7) is 0. The van der Waals surface area contributed by atoms with E-state index in [0.717, 1.165) is 5.75 Å². The first-order valence-electron chi connectivity index (χ1n) is 3.15. The number of hydrogen-bond acceptors (Lipinski definition) is 4. The zero-order valence-corrected chi connectivity index (χ0v) is 7.99. The van der Waals surface area contributed by atoms with Gasteiger partial charge in [-0.15, -0.1) is 0 Å². The minimum Gasteiger partial charge on any atom is -0.327 e. The van der Waals surface area contributed by atoms with Crippen molar-refractivity contribution in [1.29, 1.82) is 0 Å². The molecule has 0 rings (SSSR count). The van der Waals surface area contributed by atoms with Crippen LogP contribution in [0.1, 0.15) is 6.42 Å². The van der Waals surface area contributed by atoms with Gasteiger partial charge in [0.15, 0.2) is 0 Å². The van der Waals surface area contributed by atoms with Crippen molar-refractivity contribution in [2.24, 2.45) is 5.73 Å². The van der Waals surface area contributed by atoms with E-state index in [1.807, 2.05) is 6.26 Å². The average Bonchev–Trinajstić information content (AvgIpc) is 1.79. The first-order chi connectivity index (χ1) is 4.95. The van der Waals surface area contributed by atoms with Crippen molar-refractivity contribution in [3.63, 3.8) is 0 Å². The summed E-state index contributed by atoms with van der Waals surface area (Å²) in [5.74, 6) is 0.476. The van der Waals surface area contributed by atoms with E-state index in [1.165, 1.54) is 0 Å². The van der Waals surface area contributed by atoms with Gasteiger partial charge in [-0.1, -0.05) is 0 Å². The second kappa shape index (κ2) is 4.97. The largest absolute Gasteiger partial charge is 0.327 e. The minimum atomic E-state index is -3.89. The third-order valence-electron chi connectivity index (χ3n) is 1.12. The van der Waals surface area contributed by atoms with E-state index in [9.17, 15) is 8.42 Å². The van der Waals surface area contributed by atoms with Gasteiger partial charge in [0.2, 0.25) is 0 Å². The normalized spacial score (nSPS) is 14.8. The Morgan fingerprint density at radius 1 is 1.64 bits per heavy atom. The molecule has 68 valence electrons. The van der Waals surface area contributed by atoms with Crippen molar-refractivity contribution < 1.29 is 13.0 Å². The van der Waals surface area contributed by atoms with Crippen LogP contribution in [0.2, 0.25) is 0 Å². The summed E-state index contributed by atoms with van der Waals surface area (Å²) in [6.07, 6.45) is 2.53. The number of thioether (sulfide) groups is 1. The molecule has 0 spiro atoms. The molecule has 0 amide bonds. The fourth-order valence-electron chi connectivity index (χ4n) is 0.623. The van der Waals surface area contributed by atoms with E-state index in [4.69, 9.17) is 10.3 Å². The Kier molecular flexibility index (Phi) is 5.07. The maximum absolute atomic E-state index is 10.3. The van der Waals surface area contributed by atoms with Gasteiger partial charge in [0.1, 0.15) is 0 Å². The highest BCUT2D eigenvalue weighted by Gasteiger charge is 2.11. The number of rotatable bonds is 5. The fourth-order valence-corrected chi connectivity index (χ4v) is 1.87. The summed E-state index contributed by atoms with van der Waals surface area (Å²) in [7, 11) is -3.89. The smallest absolute Gasteiger partial charge is 0.266 e. The van der Waals surface area contributed by atoms with Gasteiger partial charge in [-0.2, -0.15) is 20.2 Å². The van der Waals surface area contributed by atoms with Crippen molar-refractivity contribution in [2.45, 2.75) is 12.5 Å². The van der Waals surface area contributed by atoms with Crippen LogP contribution in [0.15, 0.2) is 0 Å². The lowest BCUT2D eigenvalue weighted by atomic mass is 10.3. The summed E-state index contributed by atoms with van der Waals surface area (Å²) < 4.78 is 28.9. The predicted molar refractivity (Wildman–Crippen MR) is 47.4 cm³/mol. The van der Waals surface area contributed by atoms with E-state index in [0.29, 0.717) is 6.42 Å². The molecule has 0 aliphatic heterocycles. The van der Waals surface area contributed by atoms with Crippen molar-refractivity contribution in [3.05, 3.63) is 0 Å². The van der Waals surface area contributed by atoms with E-state index < -0.39 is 16.2 Å². The molecule has 0 aromatic carbocycles. The van der Waals surface area contributed by atoms with Crippen LogP contribution in [-0.4, -0.2) is 36.8 Å². The highest BCUT2D eigenvalue weighted by atomic mass is 32.2. The molecule has 0 saturated heterocycles. The molecule has 0 radical (unpaired) electrons. The molecule has 0 aliphatic carbocycles. The molecule has 3 N–H and O–H groups in total. The van der Waals surface area contributed by atoms with Crippen LogP contribution < -0.4 is 5.73 Å². The van der Waals surface area contributed by atoms with Crippen molar-refractivity contribution >= 4 is 21.9 Å². The molecular formula is C5H13NO3S2. The summed E-state index contributed by atoms with van der Waals surface area (Å²) in [4.78, 5) is 0. The van der Waals surface area contributed by atoms with Gasteiger partial charge in [-0.25, -0.2) is 0 Å². The first kappa shape index (κ1) is 11.2. The van der Waals surface area contributed by atoms with Gasteiger partial charge in [-0.3, -0.25) is 4.55 Å². The van der Waals surface area contributed by atoms with E-state index in [2.05, 4.69) is 0 Å². The van der Waals surface area contributed by atoms with Crippen LogP contribution in [0, 0.1) is 0 Å². The lowest BCUT2D eigenvalue weighted by Crippen LogP contribution is -2.29. The molecule has 1 atom stereocenters. The fraction of sp³-hybridized carbons (Fsp3) is 1.00. The third kappa shape index (κ3) is 8.12. The Bertz CT molecular complexity index is 190. The van der Waals surface area contributed by atoms with E-state index >= 15 is 0 Å². The van der Waals surface area contributed by atoms with Gasteiger partial charge in [0.25, 0.3) is 10.1 Å². The van der Waals surface area contributed by atoms with Crippen LogP contribution in [0.3, 0.4) is 0 Å². The molecule has 6 heteroatoms. The monoisotopic (exact) mass is 199 g/mol. The summed E-state index contributed by atoms with van der Waals surface area (Å²) in [5.41, 5.74) is 5.39. The quantitative estimate of drug-likeness (QED) is 0.607. The molecule has 0 fully saturated rings. The maximum atomic E-state index is 10.3. The summed E-state index contributed by atoms with van der Waals surface area (Å²) in [5, 5.41) is 0. The van der Waals surface area contributed by atoms with Crippen LogP contribution in [0.5, 0.6) is 0 Å². The Balaban J connectivity index is 3.61. The van der Waals surface area contributed by atoms with Gasteiger partial charge in [0.05, 0.1) is 5.75 Å². The van der Waals surface area contributed by atoms with Gasteiger partial charge >= 0.3 is 0 Å². The second-order valence-corrected chi connectivity index (χ2v) is 4.77. The van der Waals surface area contributed by atoms with Gasteiger partial charge < -0.3 is 5.73 Å². The minimum absolute atomic E-state index is 0.340. The highest BCUT2D eigenvalue weighted by molar-refractivity contribution is 7.98. The Morgan fingerprint density at radius 2 is 2.18 bits per heavy atom. The topological polar surface area (TPSA) is 80.4 Å². The SMILES string of the molecule is CSCCC(N)CS(=O)(=O)O. The number of hydrogen-bond donors (Lipinski definition) is 2. The van der Waals surface area contributed by atoms with Crippen LogP contribution in [0.4, 0.5) is 0 Å². The van der Waals surface area contributed by atoms with Gasteiger partial charge in [0, 0.05) is 6.04 Å². The van der Waals surface area contributed by atoms with E-state index in [1.54, 1.807) is 11.8 Å². The third-order valence-corrected chi connectivity index (χ3v) is 2.61. The highest BCUT2D eigenvalue weighted by Crippen LogP contribution is 2.00. The molecule has 1 unspecified atom stereocenters. The van der Waals surface area contributed by atoms with Crippen LogP contribution >= 0.6 is 11.8 Å². The molecule has 0 aromatic heterocycles. The maximum Gasteiger partial charge on any atom is 0.266 e. The molecular weight excluding hydrogens is 186 g/mol. The Hall–Kier alpha value is 0.220. The molecule has 0 saturated carbocycles. The first-order valence-corrected chi connectivity index (χ1v) is 6.15. The molecule has 0 aliphatic rings. The number of nitrogens with two attached hydrogens (primary N) is 1. The van der Waals surface area contributed by atoms with Gasteiger partial charge in [-0.05, 0) is 18.4 Å². The Labute approximate surface area is 71.3 Å². The standard InChI is InChI=1S/C5H13NO3S2/c1-10-3-2-5(6)4-11(7,8)9/h5H,2-4,6H2,1H3,(H,7,8,9). The van der Waals surface area contributed by atoms with E-state index in [-0.39, 0.29) is 5.75 Å².